The lowest BCUT2D eigenvalue weighted by Gasteiger charge is -2.23. The fourth-order valence-electron chi connectivity index (χ4n) is 5.17. The van der Waals surface area contributed by atoms with Gasteiger partial charge in [-0.2, -0.15) is 0 Å². The number of carbonyl (C=O) groups excluding carboxylic acids is 1. The highest BCUT2D eigenvalue weighted by atomic mass is 16.5. The Morgan fingerprint density at radius 3 is 2.44 bits per heavy atom. The number of nitrogens with two attached hydrogens (primary N) is 2. The minimum atomic E-state index is -0.627. The lowest BCUT2D eigenvalue weighted by Crippen LogP contribution is -2.33. The molecule has 0 spiro atoms. The highest BCUT2D eigenvalue weighted by Crippen LogP contribution is 2.35. The number of nitrogens with zero attached hydrogens (tertiary/aromatic N) is 2. The molecular formula is C34H37N5O6. The van der Waals surface area contributed by atoms with Crippen molar-refractivity contribution >= 4 is 16.8 Å². The molecule has 1 fully saturated rings. The monoisotopic (exact) mass is 611 g/mol. The van der Waals surface area contributed by atoms with E-state index in [1.807, 2.05) is 42.0 Å². The Morgan fingerprint density at radius 2 is 1.73 bits per heavy atom. The Morgan fingerprint density at radius 1 is 1.02 bits per heavy atom. The molecule has 5 rings (SSSR count). The number of ether oxygens (including phenoxy) is 4. The summed E-state index contributed by atoms with van der Waals surface area (Å²) in [5.74, 6) is 1.21. The van der Waals surface area contributed by atoms with Gasteiger partial charge in [-0.1, -0.05) is 29.8 Å². The maximum absolute atomic E-state index is 13.6. The quantitative estimate of drug-likeness (QED) is 0.177. The molecule has 3 heterocycles. The zero-order valence-electron chi connectivity index (χ0n) is 25.5. The second-order valence-electron chi connectivity index (χ2n) is 10.8. The van der Waals surface area contributed by atoms with Crippen LogP contribution >= 0.6 is 0 Å². The molecule has 0 unspecified atom stereocenters. The number of aryl methyl sites for hydroxylation is 1. The van der Waals surface area contributed by atoms with Gasteiger partial charge in [0.05, 0.1) is 19.7 Å². The van der Waals surface area contributed by atoms with E-state index in [0.29, 0.717) is 59.4 Å². The van der Waals surface area contributed by atoms with Crippen LogP contribution in [0.15, 0.2) is 89.7 Å². The first kappa shape index (κ1) is 31.1. The summed E-state index contributed by atoms with van der Waals surface area (Å²) < 4.78 is 24.0. The van der Waals surface area contributed by atoms with Crippen molar-refractivity contribution in [1.29, 1.82) is 0 Å². The maximum Gasteiger partial charge on any atom is 0.262 e. The molecule has 1 amide bonds. The first-order chi connectivity index (χ1) is 21.7. The molecule has 0 bridgehead atoms. The van der Waals surface area contributed by atoms with Crippen molar-refractivity contribution in [3.8, 4) is 28.4 Å². The fourth-order valence-corrected chi connectivity index (χ4v) is 5.17. The van der Waals surface area contributed by atoms with Crippen LogP contribution in [0.2, 0.25) is 0 Å². The number of aromatic nitrogens is 2. The van der Waals surface area contributed by atoms with Crippen molar-refractivity contribution in [3.05, 3.63) is 106 Å². The second-order valence-corrected chi connectivity index (χ2v) is 10.8. The van der Waals surface area contributed by atoms with Crippen molar-refractivity contribution in [2.75, 3.05) is 27.4 Å². The number of hydrogen-bond acceptors (Lipinski definition) is 9. The van der Waals surface area contributed by atoms with Gasteiger partial charge in [-0.05, 0) is 49.5 Å². The summed E-state index contributed by atoms with van der Waals surface area (Å²) in [5.41, 5.74) is 14.7. The summed E-state index contributed by atoms with van der Waals surface area (Å²) in [6.45, 7) is 4.04. The molecule has 11 heteroatoms. The van der Waals surface area contributed by atoms with Gasteiger partial charge in [0.25, 0.3) is 5.91 Å². The van der Waals surface area contributed by atoms with Crippen LogP contribution < -0.4 is 36.4 Å². The number of fused-ring (bicyclic) bond motifs is 1. The minimum absolute atomic E-state index is 0.00895. The zero-order valence-corrected chi connectivity index (χ0v) is 25.5. The normalized spacial score (nSPS) is 14.3. The standard InChI is InChI=1S/C34H37N5O6/c1-21-4-6-23(7-5-21)25-19-39(18-22-11-14-44-15-12-22)20-26(33(25)40)34(41)38-31(35)8-9-32(36)45-28-10-13-37-27-17-30(43-3)29(42-2)16-24(27)28/h4-10,13,16-17,19-20,22H,11-12,14-15,18,35-36H2,1-3H3,(H,38,41)/b31-8+,32-9+. The molecule has 5 N–H and O–H groups in total. The van der Waals surface area contributed by atoms with E-state index in [0.717, 1.165) is 24.0 Å². The van der Waals surface area contributed by atoms with E-state index in [1.165, 1.54) is 19.3 Å². The van der Waals surface area contributed by atoms with Crippen LogP contribution in [0, 0.1) is 12.8 Å². The number of rotatable bonds is 10. The SMILES string of the molecule is COc1cc2nccc(O/C(N)=C/C=C(\N)NC(=O)c3cn(CC4CCOCC4)cc(-c4ccc(C)cc4)c3=O)c2cc1OC. The van der Waals surface area contributed by atoms with Crippen molar-refractivity contribution < 1.29 is 23.7 Å². The first-order valence-corrected chi connectivity index (χ1v) is 14.6. The molecule has 1 aliphatic rings. The van der Waals surface area contributed by atoms with Crippen molar-refractivity contribution in [1.82, 2.24) is 14.9 Å². The van der Waals surface area contributed by atoms with Crippen LogP contribution in [0.25, 0.3) is 22.0 Å². The molecule has 0 saturated carbocycles. The van der Waals surface area contributed by atoms with Gasteiger partial charge in [0.2, 0.25) is 5.43 Å². The molecule has 2 aromatic carbocycles. The smallest absolute Gasteiger partial charge is 0.262 e. The highest BCUT2D eigenvalue weighted by Gasteiger charge is 2.20. The number of methoxy groups -OCH3 is 2. The molecular weight excluding hydrogens is 574 g/mol. The van der Waals surface area contributed by atoms with Crippen LogP contribution in [-0.4, -0.2) is 42.9 Å². The van der Waals surface area contributed by atoms with Crippen molar-refractivity contribution in [2.45, 2.75) is 26.3 Å². The van der Waals surface area contributed by atoms with Gasteiger partial charge in [0.15, 0.2) is 17.4 Å². The van der Waals surface area contributed by atoms with Crippen molar-refractivity contribution in [2.24, 2.45) is 17.4 Å². The Labute approximate surface area is 261 Å². The summed E-state index contributed by atoms with van der Waals surface area (Å²) in [6, 6.07) is 12.8. The van der Waals surface area contributed by atoms with Gasteiger partial charge >= 0.3 is 0 Å². The number of allylic oxidation sites excluding steroid dienone is 2. The molecule has 0 radical (unpaired) electrons. The van der Waals surface area contributed by atoms with Crippen molar-refractivity contribution in [3.63, 3.8) is 0 Å². The summed E-state index contributed by atoms with van der Waals surface area (Å²) in [6.07, 6.45) is 9.61. The number of pyridine rings is 2. The molecule has 45 heavy (non-hydrogen) atoms. The van der Waals surface area contributed by atoms with Crippen LogP contribution in [0.1, 0.15) is 28.8 Å². The largest absolute Gasteiger partial charge is 0.493 e. The summed E-state index contributed by atoms with van der Waals surface area (Å²) in [4.78, 5) is 31.3. The molecule has 2 aromatic heterocycles. The van der Waals surface area contributed by atoms with Gasteiger partial charge in [-0.15, -0.1) is 0 Å². The number of carbonyl (C=O) groups is 1. The predicted octanol–water partition coefficient (Wildman–Crippen LogP) is 4.22. The lowest BCUT2D eigenvalue weighted by atomic mass is 9.99. The lowest BCUT2D eigenvalue weighted by molar-refractivity contribution is 0.0611. The van der Waals surface area contributed by atoms with E-state index in [9.17, 15) is 9.59 Å². The molecule has 1 saturated heterocycles. The summed E-state index contributed by atoms with van der Waals surface area (Å²) in [7, 11) is 3.08. The van der Waals surface area contributed by atoms with Gasteiger partial charge in [-0.25, -0.2) is 0 Å². The number of amides is 1. The van der Waals surface area contributed by atoms with E-state index >= 15 is 0 Å². The minimum Gasteiger partial charge on any atom is -0.493 e. The number of hydrogen-bond donors (Lipinski definition) is 3. The van der Waals surface area contributed by atoms with E-state index in [-0.39, 0.29) is 22.7 Å². The number of nitrogens with one attached hydrogen (secondary N) is 1. The molecule has 4 aromatic rings. The van der Waals surface area contributed by atoms with Crippen LogP contribution in [0.3, 0.4) is 0 Å². The van der Waals surface area contributed by atoms with Crippen LogP contribution in [0.5, 0.6) is 17.2 Å². The number of benzene rings is 2. The van der Waals surface area contributed by atoms with E-state index < -0.39 is 5.91 Å². The van der Waals surface area contributed by atoms with Gasteiger partial charge in [0, 0.05) is 61.4 Å². The second kappa shape index (κ2) is 14.0. The van der Waals surface area contributed by atoms with Crippen LogP contribution in [-0.2, 0) is 11.3 Å². The fraction of sp³-hybridized carbons (Fsp3) is 0.265. The van der Waals surface area contributed by atoms with Gasteiger partial charge in [0.1, 0.15) is 17.1 Å². The summed E-state index contributed by atoms with van der Waals surface area (Å²) >= 11 is 0. The van der Waals surface area contributed by atoms with E-state index in [2.05, 4.69) is 10.3 Å². The van der Waals surface area contributed by atoms with E-state index in [4.69, 9.17) is 30.4 Å². The Balaban J connectivity index is 1.37. The first-order valence-electron chi connectivity index (χ1n) is 14.6. The van der Waals surface area contributed by atoms with E-state index in [1.54, 1.807) is 37.7 Å². The molecule has 0 aliphatic carbocycles. The molecule has 234 valence electrons. The topological polar surface area (TPSA) is 153 Å². The third-order valence-electron chi connectivity index (χ3n) is 7.62. The highest BCUT2D eigenvalue weighted by molar-refractivity contribution is 5.96. The average molecular weight is 612 g/mol. The Hall–Kier alpha value is -5.29. The molecule has 11 nitrogen and oxygen atoms in total. The summed E-state index contributed by atoms with van der Waals surface area (Å²) in [5, 5.41) is 3.26. The zero-order chi connectivity index (χ0) is 31.9. The molecule has 1 aliphatic heterocycles. The van der Waals surface area contributed by atoms with Gasteiger partial charge < -0.3 is 40.3 Å². The third-order valence-corrected chi connectivity index (χ3v) is 7.62. The van der Waals surface area contributed by atoms with Crippen LogP contribution in [0.4, 0.5) is 0 Å². The molecule has 0 atom stereocenters. The Kier molecular flexibility index (Phi) is 9.69. The third kappa shape index (κ3) is 7.44. The Bertz CT molecular complexity index is 1810. The van der Waals surface area contributed by atoms with Gasteiger partial charge in [-0.3, -0.25) is 14.6 Å². The average Bonchev–Trinajstić information content (AvgIpc) is 3.05. The maximum atomic E-state index is 13.6. The predicted molar refractivity (Wildman–Crippen MR) is 172 cm³/mol.